The predicted molar refractivity (Wildman–Crippen MR) is 100 cm³/mol. The van der Waals surface area contributed by atoms with E-state index in [1.807, 2.05) is 0 Å². The maximum absolute atomic E-state index is 10.6. The van der Waals surface area contributed by atoms with Gasteiger partial charge in [-0.1, -0.05) is 0 Å². The molecule has 3 aliphatic heterocycles. The lowest BCUT2D eigenvalue weighted by atomic mass is 9.96. The molecule has 15 nitrogen and oxygen atoms in total. The average molecular weight is 488 g/mol. The summed E-state index contributed by atoms with van der Waals surface area (Å²) in [6, 6.07) is 0. The molecule has 14 atom stereocenters. The van der Waals surface area contributed by atoms with Gasteiger partial charge in [-0.3, -0.25) is 0 Å². The zero-order valence-corrected chi connectivity index (χ0v) is 17.4. The molecule has 0 aromatic heterocycles. The summed E-state index contributed by atoms with van der Waals surface area (Å²) in [6.45, 7) is -2.36. The first-order valence-corrected chi connectivity index (χ1v) is 10.5. The number of hydrogen-bond acceptors (Lipinski definition) is 15. The van der Waals surface area contributed by atoms with Crippen LogP contribution in [-0.2, 0) is 23.7 Å². The van der Waals surface area contributed by atoms with Crippen molar-refractivity contribution in [1.29, 1.82) is 0 Å². The third-order valence-corrected chi connectivity index (χ3v) is 6.01. The smallest absolute Gasteiger partial charge is 0.187 e. The van der Waals surface area contributed by atoms with Gasteiger partial charge >= 0.3 is 0 Å². The van der Waals surface area contributed by atoms with Crippen molar-refractivity contribution in [3.05, 3.63) is 0 Å². The summed E-state index contributed by atoms with van der Waals surface area (Å²) in [7, 11) is 0. The molecule has 0 aromatic rings. The molecule has 3 heterocycles. The molecule has 0 spiro atoms. The molecule has 194 valence electrons. The largest absolute Gasteiger partial charge is 0.394 e. The SMILES string of the molecule is OCC1OC(OC2C(CO)OC(OC3C(CO)OCC(O)C3O)C(O)C2O)C(O)C(O)C1O. The van der Waals surface area contributed by atoms with Crippen LogP contribution in [0.4, 0.5) is 0 Å². The molecule has 0 bridgehead atoms. The van der Waals surface area contributed by atoms with Gasteiger partial charge in [0.2, 0.25) is 0 Å². The van der Waals surface area contributed by atoms with Gasteiger partial charge in [0.05, 0.1) is 26.4 Å². The minimum absolute atomic E-state index is 0.267. The van der Waals surface area contributed by atoms with E-state index in [4.69, 9.17) is 23.7 Å². The van der Waals surface area contributed by atoms with Crippen molar-refractivity contribution in [1.82, 2.24) is 0 Å². The van der Waals surface area contributed by atoms with E-state index in [1.54, 1.807) is 0 Å². The summed E-state index contributed by atoms with van der Waals surface area (Å²) >= 11 is 0. The Labute approximate surface area is 187 Å². The van der Waals surface area contributed by atoms with Gasteiger partial charge in [0.15, 0.2) is 12.6 Å². The van der Waals surface area contributed by atoms with Crippen LogP contribution in [0.5, 0.6) is 0 Å². The van der Waals surface area contributed by atoms with Gasteiger partial charge in [-0.2, -0.15) is 0 Å². The Morgan fingerprint density at radius 3 is 1.58 bits per heavy atom. The third-order valence-electron chi connectivity index (χ3n) is 6.01. The molecule has 3 rings (SSSR count). The van der Waals surface area contributed by atoms with Crippen molar-refractivity contribution in [3.63, 3.8) is 0 Å². The summed E-state index contributed by atoms with van der Waals surface area (Å²) in [4.78, 5) is 0. The Balaban J connectivity index is 1.71. The quantitative estimate of drug-likeness (QED) is 0.160. The van der Waals surface area contributed by atoms with Crippen molar-refractivity contribution < 1.29 is 74.7 Å². The zero-order chi connectivity index (χ0) is 24.4. The second kappa shape index (κ2) is 11.4. The molecule has 0 saturated carbocycles. The zero-order valence-electron chi connectivity index (χ0n) is 17.4. The number of rotatable bonds is 7. The number of aliphatic hydroxyl groups excluding tert-OH is 10. The van der Waals surface area contributed by atoms with Crippen LogP contribution in [0.1, 0.15) is 0 Å². The first-order chi connectivity index (χ1) is 15.6. The molecule has 0 amide bonds. The maximum atomic E-state index is 10.6. The number of ether oxygens (including phenoxy) is 5. The van der Waals surface area contributed by atoms with Gasteiger partial charge < -0.3 is 74.7 Å². The van der Waals surface area contributed by atoms with Crippen LogP contribution in [0.2, 0.25) is 0 Å². The number of aliphatic hydroxyl groups is 10. The summed E-state index contributed by atoms with van der Waals surface area (Å²) in [5, 5.41) is 99.4. The van der Waals surface area contributed by atoms with Crippen molar-refractivity contribution in [2.75, 3.05) is 26.4 Å². The van der Waals surface area contributed by atoms with E-state index in [0.29, 0.717) is 0 Å². The van der Waals surface area contributed by atoms with E-state index >= 15 is 0 Å². The lowest BCUT2D eigenvalue weighted by Gasteiger charge is -2.47. The first-order valence-electron chi connectivity index (χ1n) is 10.5. The van der Waals surface area contributed by atoms with Crippen molar-refractivity contribution in [2.24, 2.45) is 0 Å². The van der Waals surface area contributed by atoms with E-state index in [0.717, 1.165) is 0 Å². The second-order valence-corrected chi connectivity index (χ2v) is 8.22. The predicted octanol–water partition coefficient (Wildman–Crippen LogP) is -6.89. The van der Waals surface area contributed by atoms with Crippen LogP contribution >= 0.6 is 0 Å². The van der Waals surface area contributed by atoms with E-state index in [2.05, 4.69) is 0 Å². The Kier molecular flexibility index (Phi) is 9.35. The van der Waals surface area contributed by atoms with Gasteiger partial charge in [-0.25, -0.2) is 0 Å². The summed E-state index contributed by atoms with van der Waals surface area (Å²) in [5.74, 6) is 0. The topological polar surface area (TPSA) is 248 Å². The van der Waals surface area contributed by atoms with Crippen LogP contribution < -0.4 is 0 Å². The molecule has 0 aromatic carbocycles. The maximum Gasteiger partial charge on any atom is 0.187 e. The lowest BCUT2D eigenvalue weighted by Crippen LogP contribution is -2.66. The molecule has 3 aliphatic rings. The first kappa shape index (κ1) is 27.0. The summed E-state index contributed by atoms with van der Waals surface area (Å²) < 4.78 is 26.8. The van der Waals surface area contributed by atoms with Gasteiger partial charge in [0, 0.05) is 0 Å². The number of hydrogen-bond donors (Lipinski definition) is 10. The molecule has 0 radical (unpaired) electrons. The van der Waals surface area contributed by atoms with E-state index in [9.17, 15) is 51.1 Å². The fourth-order valence-electron chi connectivity index (χ4n) is 4.00. The fourth-order valence-corrected chi connectivity index (χ4v) is 4.00. The monoisotopic (exact) mass is 488 g/mol. The molecule has 0 aliphatic carbocycles. The van der Waals surface area contributed by atoms with Crippen molar-refractivity contribution in [2.45, 2.75) is 85.8 Å². The Morgan fingerprint density at radius 1 is 0.545 bits per heavy atom. The van der Waals surface area contributed by atoms with Crippen LogP contribution in [0.15, 0.2) is 0 Å². The molecule has 15 heteroatoms. The molecule has 10 N–H and O–H groups in total. The van der Waals surface area contributed by atoms with Gasteiger partial charge in [-0.15, -0.1) is 0 Å². The van der Waals surface area contributed by atoms with Crippen LogP contribution in [0.25, 0.3) is 0 Å². The highest BCUT2D eigenvalue weighted by atomic mass is 16.7. The van der Waals surface area contributed by atoms with E-state index < -0.39 is 106 Å². The summed E-state index contributed by atoms with van der Waals surface area (Å²) in [6.07, 6.45) is -21.7. The lowest BCUT2D eigenvalue weighted by molar-refractivity contribution is -0.371. The minimum atomic E-state index is -1.84. The summed E-state index contributed by atoms with van der Waals surface area (Å²) in [5.41, 5.74) is 0. The Hall–Kier alpha value is -0.600. The minimum Gasteiger partial charge on any atom is -0.394 e. The fraction of sp³-hybridized carbons (Fsp3) is 1.00. The average Bonchev–Trinajstić information content (AvgIpc) is 2.81. The van der Waals surface area contributed by atoms with Crippen LogP contribution in [0, 0.1) is 0 Å². The highest BCUT2D eigenvalue weighted by Gasteiger charge is 2.52. The van der Waals surface area contributed by atoms with Crippen LogP contribution in [0.3, 0.4) is 0 Å². The highest BCUT2D eigenvalue weighted by molar-refractivity contribution is 4.95. The molecule has 3 fully saturated rings. The van der Waals surface area contributed by atoms with E-state index in [-0.39, 0.29) is 6.61 Å². The molecule has 3 saturated heterocycles. The molecular formula is C18H32O15. The normalized spacial score (nSPS) is 51.5. The van der Waals surface area contributed by atoms with Gasteiger partial charge in [-0.05, 0) is 0 Å². The molecule has 14 unspecified atom stereocenters. The Bertz CT molecular complexity index is 605. The van der Waals surface area contributed by atoms with Crippen LogP contribution in [-0.4, -0.2) is 163 Å². The van der Waals surface area contributed by atoms with Crippen molar-refractivity contribution in [3.8, 4) is 0 Å². The molecular weight excluding hydrogens is 456 g/mol. The van der Waals surface area contributed by atoms with Gasteiger partial charge in [0.25, 0.3) is 0 Å². The second-order valence-electron chi connectivity index (χ2n) is 8.22. The van der Waals surface area contributed by atoms with E-state index in [1.165, 1.54) is 0 Å². The molecule has 33 heavy (non-hydrogen) atoms. The highest BCUT2D eigenvalue weighted by Crippen LogP contribution is 2.31. The van der Waals surface area contributed by atoms with Crippen molar-refractivity contribution >= 4 is 0 Å². The Morgan fingerprint density at radius 2 is 1.03 bits per heavy atom. The third kappa shape index (κ3) is 5.48. The van der Waals surface area contributed by atoms with Gasteiger partial charge in [0.1, 0.15) is 73.2 Å². The standard InChI is InChI=1S/C18H32O15/c19-1-6-10(24)11(25)13(27)17(30-6)33-16-8(3-21)31-18(14(28)12(16)26)32-15-7(2-20)29-4-5(22)9(15)23/h5-28H,1-4H2.